The van der Waals surface area contributed by atoms with Crippen LogP contribution in [0.4, 0.5) is 20.4 Å². The van der Waals surface area contributed by atoms with Crippen LogP contribution in [0.1, 0.15) is 62.1 Å². The van der Waals surface area contributed by atoms with Gasteiger partial charge >= 0.3 is 6.01 Å². The Morgan fingerprint density at radius 1 is 1.27 bits per heavy atom. The Morgan fingerprint density at radius 3 is 2.84 bits per heavy atom. The molecule has 3 atom stereocenters. The van der Waals surface area contributed by atoms with Crippen molar-refractivity contribution in [2.45, 2.75) is 62.7 Å². The first-order valence-electron chi connectivity index (χ1n) is 15.1. The third kappa shape index (κ3) is 5.33. The van der Waals surface area contributed by atoms with Gasteiger partial charge in [0.2, 0.25) is 5.88 Å². The van der Waals surface area contributed by atoms with Gasteiger partial charge in [-0.25, -0.2) is 18.7 Å². The summed E-state index contributed by atoms with van der Waals surface area (Å²) in [4.78, 5) is 20.1. The highest BCUT2D eigenvalue weighted by Crippen LogP contribution is 2.50. The number of aromatic hydroxyl groups is 1. The predicted molar refractivity (Wildman–Crippen MR) is 167 cm³/mol. The lowest BCUT2D eigenvalue weighted by Gasteiger charge is -2.30. The van der Waals surface area contributed by atoms with Gasteiger partial charge in [-0.1, -0.05) is 17.7 Å². The van der Waals surface area contributed by atoms with Crippen molar-refractivity contribution in [3.8, 4) is 28.9 Å². The van der Waals surface area contributed by atoms with Crippen LogP contribution in [-0.4, -0.2) is 68.5 Å². The minimum Gasteiger partial charge on any atom is -0.508 e. The van der Waals surface area contributed by atoms with Crippen molar-refractivity contribution in [3.63, 3.8) is 0 Å². The standard InChI is InChI=1S/C32H34ClF2N7O3/c1-16(20-5-3-9-37-28(20)36)38-29-24-27(40-31(41-29)45-15-32-8-4-10-42(32)14-18(34)13-32)25(35)26(39-30(24)44-2)21-11-19(43)12-22(33)23(21)17-6-7-17/h3,5,9,11-12,16-18,43H,4,6-8,10,13-15H2,1-2H3,(H2,36,37)(H,38,40,41)/t16-,18-,32+/m1/s1. The average molecular weight is 638 g/mol. The van der Waals surface area contributed by atoms with Gasteiger partial charge < -0.3 is 25.6 Å². The summed E-state index contributed by atoms with van der Waals surface area (Å²) in [5, 5.41) is 14.3. The van der Waals surface area contributed by atoms with Gasteiger partial charge in [-0.3, -0.25) is 4.90 Å². The zero-order valence-corrected chi connectivity index (χ0v) is 25.7. The van der Waals surface area contributed by atoms with E-state index in [4.69, 9.17) is 26.8 Å². The van der Waals surface area contributed by atoms with Crippen LogP contribution in [0.5, 0.6) is 17.6 Å². The topological polar surface area (TPSA) is 132 Å². The Balaban J connectivity index is 1.37. The maximum absolute atomic E-state index is 16.8. The number of pyridine rings is 2. The van der Waals surface area contributed by atoms with Crippen molar-refractivity contribution < 1.29 is 23.4 Å². The molecule has 0 spiro atoms. The van der Waals surface area contributed by atoms with E-state index < -0.39 is 23.6 Å². The van der Waals surface area contributed by atoms with E-state index in [2.05, 4.69) is 30.2 Å². The van der Waals surface area contributed by atoms with Crippen molar-refractivity contribution >= 4 is 34.1 Å². The summed E-state index contributed by atoms with van der Waals surface area (Å²) < 4.78 is 43.1. The number of ether oxygens (including phenoxy) is 2. The van der Waals surface area contributed by atoms with Crippen LogP contribution in [0.15, 0.2) is 30.5 Å². The van der Waals surface area contributed by atoms with E-state index in [0.29, 0.717) is 40.5 Å². The fraction of sp³-hybridized carbons (Fsp3) is 0.438. The number of benzene rings is 1. The number of halogens is 3. The number of aromatic nitrogens is 4. The number of hydrogen-bond donors (Lipinski definition) is 3. The molecule has 1 aliphatic carbocycles. The Bertz CT molecular complexity index is 1790. The third-order valence-corrected chi connectivity index (χ3v) is 9.51. The predicted octanol–water partition coefficient (Wildman–Crippen LogP) is 6.18. The Kier molecular flexibility index (Phi) is 7.52. The van der Waals surface area contributed by atoms with Crippen LogP contribution in [0.3, 0.4) is 0 Å². The number of nitrogens with one attached hydrogen (secondary N) is 1. The Labute approximate surface area is 264 Å². The zero-order valence-electron chi connectivity index (χ0n) is 25.0. The summed E-state index contributed by atoms with van der Waals surface area (Å²) in [6.45, 7) is 3.21. The highest BCUT2D eigenvalue weighted by atomic mass is 35.5. The minimum atomic E-state index is -0.931. The normalized spacial score (nSPS) is 22.0. The first-order chi connectivity index (χ1) is 21.7. The Morgan fingerprint density at radius 2 is 2.09 bits per heavy atom. The van der Waals surface area contributed by atoms with Crippen LogP contribution in [0.25, 0.3) is 22.2 Å². The van der Waals surface area contributed by atoms with E-state index in [1.54, 1.807) is 12.3 Å². The lowest BCUT2D eigenvalue weighted by Crippen LogP contribution is -2.43. The largest absolute Gasteiger partial charge is 0.508 e. The summed E-state index contributed by atoms with van der Waals surface area (Å²) in [5.41, 5.74) is 7.34. The van der Waals surface area contributed by atoms with E-state index in [1.165, 1.54) is 19.2 Å². The van der Waals surface area contributed by atoms with Crippen LogP contribution in [0, 0.1) is 5.82 Å². The monoisotopic (exact) mass is 637 g/mol. The average Bonchev–Trinajstić information content (AvgIpc) is 3.69. The molecular weight excluding hydrogens is 604 g/mol. The second-order valence-electron chi connectivity index (χ2n) is 12.2. The summed E-state index contributed by atoms with van der Waals surface area (Å²) in [6, 6.07) is 6.04. The van der Waals surface area contributed by atoms with Crippen molar-refractivity contribution in [1.29, 1.82) is 0 Å². The molecule has 0 bridgehead atoms. The van der Waals surface area contributed by atoms with Gasteiger partial charge in [0.1, 0.15) is 46.8 Å². The van der Waals surface area contributed by atoms with E-state index in [9.17, 15) is 9.50 Å². The molecule has 13 heteroatoms. The lowest BCUT2D eigenvalue weighted by atomic mass is 9.95. The Hall–Kier alpha value is -4.03. The zero-order chi connectivity index (χ0) is 31.5. The van der Waals surface area contributed by atoms with Gasteiger partial charge in [0.05, 0.1) is 18.7 Å². The number of rotatable bonds is 9. The van der Waals surface area contributed by atoms with Gasteiger partial charge in [-0.2, -0.15) is 9.97 Å². The quantitative estimate of drug-likeness (QED) is 0.195. The molecule has 3 aromatic heterocycles. The second kappa shape index (κ2) is 11.4. The van der Waals surface area contributed by atoms with Crippen molar-refractivity contribution in [2.24, 2.45) is 0 Å². The minimum absolute atomic E-state index is 0.0594. The van der Waals surface area contributed by atoms with Gasteiger partial charge in [0.15, 0.2) is 5.82 Å². The number of phenolic OH excluding ortho intramolecular Hbond substituents is 1. The maximum atomic E-state index is 16.8. The molecule has 4 N–H and O–H groups in total. The van der Waals surface area contributed by atoms with Gasteiger partial charge in [-0.05, 0) is 68.8 Å². The summed E-state index contributed by atoms with van der Waals surface area (Å²) in [5.74, 6) is -0.111. The van der Waals surface area contributed by atoms with Crippen molar-refractivity contribution in [3.05, 3.63) is 52.4 Å². The first-order valence-corrected chi connectivity index (χ1v) is 15.5. The summed E-state index contributed by atoms with van der Waals surface area (Å²) >= 11 is 6.56. The smallest absolute Gasteiger partial charge is 0.319 e. The fourth-order valence-corrected chi connectivity index (χ4v) is 7.30. The molecule has 2 aliphatic heterocycles. The third-order valence-electron chi connectivity index (χ3n) is 9.20. The van der Waals surface area contributed by atoms with Crippen molar-refractivity contribution in [1.82, 2.24) is 24.8 Å². The van der Waals surface area contributed by atoms with Crippen LogP contribution < -0.4 is 20.5 Å². The molecule has 0 unspecified atom stereocenters. The number of anilines is 2. The molecule has 5 heterocycles. The van der Waals surface area contributed by atoms with E-state index in [0.717, 1.165) is 32.2 Å². The SMILES string of the molecule is COc1nc(-c2cc(O)cc(Cl)c2C2CC2)c(F)c2nc(OC[C@@]34CCCN3C[C@H](F)C4)nc(N[C@H](C)c3cccnc3N)c12. The number of nitrogens with two attached hydrogens (primary N) is 1. The molecule has 236 valence electrons. The summed E-state index contributed by atoms with van der Waals surface area (Å²) in [6.07, 6.45) is 4.56. The highest BCUT2D eigenvalue weighted by molar-refractivity contribution is 6.32. The molecule has 0 amide bonds. The van der Waals surface area contributed by atoms with E-state index in [-0.39, 0.29) is 52.6 Å². The molecule has 3 fully saturated rings. The summed E-state index contributed by atoms with van der Waals surface area (Å²) in [7, 11) is 1.43. The van der Waals surface area contributed by atoms with E-state index in [1.807, 2.05) is 13.0 Å². The molecule has 4 aromatic rings. The highest BCUT2D eigenvalue weighted by Gasteiger charge is 2.49. The molecule has 45 heavy (non-hydrogen) atoms. The molecule has 10 nitrogen and oxygen atoms in total. The maximum Gasteiger partial charge on any atom is 0.319 e. The number of alkyl halides is 1. The molecule has 2 saturated heterocycles. The molecule has 1 aromatic carbocycles. The first kappa shape index (κ1) is 29.7. The van der Waals surface area contributed by atoms with Gasteiger partial charge in [0, 0.05) is 35.3 Å². The number of hydrogen-bond acceptors (Lipinski definition) is 10. The molecule has 1 saturated carbocycles. The number of methoxy groups -OCH3 is 1. The molecular formula is C32H34ClF2N7O3. The van der Waals surface area contributed by atoms with Crippen LogP contribution in [0.2, 0.25) is 5.02 Å². The second-order valence-corrected chi connectivity index (χ2v) is 12.6. The van der Waals surface area contributed by atoms with Gasteiger partial charge in [0.25, 0.3) is 0 Å². The molecule has 0 radical (unpaired) electrons. The number of fused-ring (bicyclic) bond motifs is 2. The van der Waals surface area contributed by atoms with Crippen LogP contribution in [-0.2, 0) is 0 Å². The lowest BCUT2D eigenvalue weighted by molar-refractivity contribution is 0.107. The van der Waals surface area contributed by atoms with Crippen molar-refractivity contribution in [2.75, 3.05) is 37.9 Å². The van der Waals surface area contributed by atoms with E-state index >= 15 is 4.39 Å². The molecule has 3 aliphatic rings. The van der Waals surface area contributed by atoms with Gasteiger partial charge in [-0.15, -0.1) is 0 Å². The number of phenols is 1. The number of nitrogen functional groups attached to an aromatic ring is 1. The fourth-order valence-electron chi connectivity index (χ4n) is 6.93. The van der Waals surface area contributed by atoms with Crippen LogP contribution >= 0.6 is 11.6 Å². The number of nitrogens with zero attached hydrogens (tertiary/aromatic N) is 5. The molecule has 7 rings (SSSR count).